The Labute approximate surface area is 390 Å². The quantitative estimate of drug-likeness (QED) is 0.127. The number of piperidine rings is 2. The minimum atomic E-state index is -0.561. The Kier molecular flexibility index (Phi) is 24.7. The highest BCUT2D eigenvalue weighted by Crippen LogP contribution is 2.30. The van der Waals surface area contributed by atoms with Crippen LogP contribution in [0.5, 0.6) is 23.0 Å². The molecule has 2 aromatic rings. The van der Waals surface area contributed by atoms with Gasteiger partial charge in [-0.1, -0.05) is 0 Å². The zero-order chi connectivity index (χ0) is 46.7. The van der Waals surface area contributed by atoms with Crippen molar-refractivity contribution in [2.75, 3.05) is 66.8 Å². The monoisotopic (exact) mass is 921 g/mol. The molecule has 0 radical (unpaired) electrons. The van der Waals surface area contributed by atoms with Crippen LogP contribution >= 0.6 is 12.4 Å². The van der Waals surface area contributed by atoms with Crippen molar-refractivity contribution >= 4 is 30.3 Å². The third kappa shape index (κ3) is 19.2. The fraction of sp³-hybridized carbons (Fsp3) is 0.694. The molecule has 2 atom stereocenters. The molecule has 2 aromatic carbocycles. The first kappa shape index (κ1) is 56.2. The lowest BCUT2D eigenvalue weighted by Gasteiger charge is -2.41. The normalized spacial score (nSPS) is 16.4. The Morgan fingerprint density at radius 3 is 1.53 bits per heavy atom. The fourth-order valence-electron chi connectivity index (χ4n) is 7.71. The Morgan fingerprint density at radius 2 is 1.12 bits per heavy atom. The number of benzene rings is 2. The van der Waals surface area contributed by atoms with E-state index >= 15 is 0 Å². The summed E-state index contributed by atoms with van der Waals surface area (Å²) in [5.74, 6) is 2.42. The molecule has 0 unspecified atom stereocenters. The van der Waals surface area contributed by atoms with Gasteiger partial charge in [-0.15, -0.1) is 12.4 Å². The minimum absolute atomic E-state index is 0. The molecule has 364 valence electrons. The van der Waals surface area contributed by atoms with E-state index in [1.807, 2.05) is 96.4 Å². The zero-order valence-electron chi connectivity index (χ0n) is 41.2. The van der Waals surface area contributed by atoms with Crippen molar-refractivity contribution in [3.63, 3.8) is 0 Å². The number of nitrogens with one attached hydrogen (secondary N) is 1. The van der Waals surface area contributed by atoms with Crippen LogP contribution in [0.25, 0.3) is 0 Å². The third-order valence-electron chi connectivity index (χ3n) is 10.2. The molecule has 2 saturated heterocycles. The van der Waals surface area contributed by atoms with Crippen LogP contribution in [-0.2, 0) is 14.2 Å². The molecule has 2 fully saturated rings. The molecule has 0 saturated carbocycles. The molecule has 3 amide bonds. The van der Waals surface area contributed by atoms with Crippen molar-refractivity contribution in [3.8, 4) is 23.0 Å². The second-order valence-corrected chi connectivity index (χ2v) is 18.4. The highest BCUT2D eigenvalue weighted by molar-refractivity contribution is 5.96. The summed E-state index contributed by atoms with van der Waals surface area (Å²) in [5.41, 5.74) is 0.556. The van der Waals surface area contributed by atoms with Gasteiger partial charge in [0, 0.05) is 101 Å². The number of likely N-dealkylation sites (tertiary alicyclic amines) is 1. The van der Waals surface area contributed by atoms with Gasteiger partial charge in [-0.25, -0.2) is 4.79 Å². The molecule has 2 aliphatic heterocycles. The van der Waals surface area contributed by atoms with Gasteiger partial charge < -0.3 is 53.2 Å². The highest BCUT2D eigenvalue weighted by atomic mass is 35.5. The number of halogens is 1. The lowest BCUT2D eigenvalue weighted by atomic mass is 10.0. The Morgan fingerprint density at radius 1 is 0.672 bits per heavy atom. The van der Waals surface area contributed by atoms with Crippen molar-refractivity contribution in [3.05, 3.63) is 47.5 Å². The van der Waals surface area contributed by atoms with E-state index in [9.17, 15) is 14.4 Å². The maximum atomic E-state index is 13.8. The number of methoxy groups -OCH3 is 2. The molecule has 0 spiro atoms. The van der Waals surface area contributed by atoms with E-state index in [2.05, 4.69) is 19.2 Å². The summed E-state index contributed by atoms with van der Waals surface area (Å²) >= 11 is 0. The van der Waals surface area contributed by atoms with E-state index in [0.29, 0.717) is 73.6 Å². The van der Waals surface area contributed by atoms with Gasteiger partial charge in [0.25, 0.3) is 11.8 Å². The number of rotatable bonds is 20. The fourth-order valence-corrected chi connectivity index (χ4v) is 7.71. The molecular formula is C49H81ClN4O10. The van der Waals surface area contributed by atoms with E-state index in [0.717, 1.165) is 51.6 Å². The number of amides is 3. The average Bonchev–Trinajstić information content (AvgIpc) is 3.20. The summed E-state index contributed by atoms with van der Waals surface area (Å²) in [6, 6.07) is 11.0. The number of hydrogen-bond donors (Lipinski definition) is 1. The zero-order valence-corrected chi connectivity index (χ0v) is 42.0. The first-order valence-corrected chi connectivity index (χ1v) is 23.0. The molecule has 2 heterocycles. The summed E-state index contributed by atoms with van der Waals surface area (Å²) < 4.78 is 39.3. The lowest BCUT2D eigenvalue weighted by molar-refractivity contribution is 0.00751. The van der Waals surface area contributed by atoms with Crippen molar-refractivity contribution < 1.29 is 47.5 Å². The van der Waals surface area contributed by atoms with Gasteiger partial charge in [0.05, 0.1) is 31.5 Å². The summed E-state index contributed by atoms with van der Waals surface area (Å²) in [7, 11) is 3.33. The lowest BCUT2D eigenvalue weighted by Crippen LogP contribution is -2.54. The Bertz CT molecular complexity index is 1700. The number of carbonyl (C=O) groups excluding carboxylic acids is 3. The van der Waals surface area contributed by atoms with E-state index in [-0.39, 0.29) is 66.7 Å². The van der Waals surface area contributed by atoms with E-state index in [1.54, 1.807) is 31.3 Å². The largest absolute Gasteiger partial charge is 0.493 e. The Hall–Kier alpha value is -3.98. The smallest absolute Gasteiger partial charge is 0.410 e. The highest BCUT2D eigenvalue weighted by Gasteiger charge is 2.35. The SMILES string of the molecule is COCCCOc1cc(OC(C)C)cc(C(=O)N(C(C)C)[C@@H]2CCCN(C(=O)OC(C)(C)C)C2)c1.COCCCOc1cc(OC(C)C)cc(C(=O)N(C(C)C)[C@@H]2CCCNC2)c1.Cl. The molecular weight excluding hydrogens is 840 g/mol. The molecule has 64 heavy (non-hydrogen) atoms. The van der Waals surface area contributed by atoms with Crippen LogP contribution in [0.2, 0.25) is 0 Å². The Balaban J connectivity index is 0.000000444. The van der Waals surface area contributed by atoms with Gasteiger partial charge in [-0.3, -0.25) is 9.59 Å². The van der Waals surface area contributed by atoms with Gasteiger partial charge >= 0.3 is 6.09 Å². The predicted octanol–water partition coefficient (Wildman–Crippen LogP) is 9.05. The number of nitrogens with zero attached hydrogens (tertiary/aromatic N) is 3. The van der Waals surface area contributed by atoms with Gasteiger partial charge in [-0.2, -0.15) is 0 Å². The van der Waals surface area contributed by atoms with Crippen LogP contribution in [0.1, 0.15) is 135 Å². The van der Waals surface area contributed by atoms with Crippen molar-refractivity contribution in [1.82, 2.24) is 20.0 Å². The third-order valence-corrected chi connectivity index (χ3v) is 10.2. The van der Waals surface area contributed by atoms with E-state index < -0.39 is 5.60 Å². The number of ether oxygens (including phenoxy) is 7. The first-order valence-electron chi connectivity index (χ1n) is 23.0. The second kappa shape index (κ2) is 28.1. The van der Waals surface area contributed by atoms with Gasteiger partial charge in [-0.05, 0) is 133 Å². The van der Waals surface area contributed by atoms with Crippen LogP contribution in [0, 0.1) is 0 Å². The van der Waals surface area contributed by atoms with Crippen molar-refractivity contribution in [2.24, 2.45) is 0 Å². The maximum absolute atomic E-state index is 13.8. The molecule has 4 rings (SSSR count). The molecule has 14 nitrogen and oxygen atoms in total. The number of carbonyl (C=O) groups is 3. The van der Waals surface area contributed by atoms with Crippen LogP contribution in [0.3, 0.4) is 0 Å². The topological polar surface area (TPSA) is 138 Å². The van der Waals surface area contributed by atoms with Crippen LogP contribution in [0.4, 0.5) is 4.79 Å². The van der Waals surface area contributed by atoms with Crippen LogP contribution in [-0.4, -0.2) is 141 Å². The molecule has 0 aromatic heterocycles. The standard InChI is InChI=1S/C27H44N2O6.C22H36N2O4.ClH/c1-19(2)29(22-11-9-12-28(18-22)26(31)35-27(5,6)7)25(30)21-15-23(33-14-10-13-32-8)17-24(16-21)34-20(3)4;1-16(2)24(19-8-6-9-23-15-19)22(25)18-12-20(27-11-7-10-26-5)14-21(13-18)28-17(3)4;/h15-17,19-20,22H,9-14,18H2,1-8H3;12-14,16-17,19,23H,6-11,15H2,1-5H3;1H/t22-;19-;/m11./s1. The van der Waals surface area contributed by atoms with Gasteiger partial charge in [0.1, 0.15) is 28.6 Å². The average molecular weight is 922 g/mol. The van der Waals surface area contributed by atoms with Crippen molar-refractivity contribution in [1.29, 1.82) is 0 Å². The van der Waals surface area contributed by atoms with Crippen molar-refractivity contribution in [2.45, 2.75) is 157 Å². The first-order chi connectivity index (χ1) is 29.8. The summed E-state index contributed by atoms with van der Waals surface area (Å²) in [6.07, 6.45) is 4.94. The predicted molar refractivity (Wildman–Crippen MR) is 255 cm³/mol. The van der Waals surface area contributed by atoms with E-state index in [4.69, 9.17) is 33.2 Å². The molecule has 0 aliphatic carbocycles. The molecule has 2 aliphatic rings. The second-order valence-electron chi connectivity index (χ2n) is 18.4. The molecule has 15 heteroatoms. The minimum Gasteiger partial charge on any atom is -0.493 e. The molecule has 0 bridgehead atoms. The van der Waals surface area contributed by atoms with E-state index in [1.165, 1.54) is 0 Å². The van der Waals surface area contributed by atoms with Gasteiger partial charge in [0.15, 0.2) is 0 Å². The summed E-state index contributed by atoms with van der Waals surface area (Å²) in [4.78, 5) is 45.5. The maximum Gasteiger partial charge on any atom is 0.410 e. The van der Waals surface area contributed by atoms with Crippen LogP contribution in [0.15, 0.2) is 36.4 Å². The van der Waals surface area contributed by atoms with Crippen LogP contribution < -0.4 is 24.3 Å². The number of hydrogen-bond acceptors (Lipinski definition) is 11. The molecule has 1 N–H and O–H groups in total. The summed E-state index contributed by atoms with van der Waals surface area (Å²) in [6.45, 7) is 26.8. The van der Waals surface area contributed by atoms with Gasteiger partial charge in [0.2, 0.25) is 0 Å². The summed E-state index contributed by atoms with van der Waals surface area (Å²) in [5, 5.41) is 3.41.